The van der Waals surface area contributed by atoms with Crippen LogP contribution in [0, 0.1) is 0 Å². The Kier molecular flexibility index (Phi) is 4.16. The van der Waals surface area contributed by atoms with Crippen molar-refractivity contribution in [3.63, 3.8) is 0 Å². The lowest BCUT2D eigenvalue weighted by Gasteiger charge is -2.31. The molecule has 3 aromatic rings. The van der Waals surface area contributed by atoms with E-state index in [4.69, 9.17) is 5.73 Å². The number of nitrogens with zero attached hydrogens (tertiary/aromatic N) is 2. The molecule has 1 aliphatic heterocycles. The minimum absolute atomic E-state index is 0.0719. The monoisotopic (exact) mass is 348 g/mol. The number of amides is 2. The van der Waals surface area contributed by atoms with Crippen molar-refractivity contribution in [3.05, 3.63) is 65.5 Å². The Bertz CT molecular complexity index is 965. The number of primary amides is 1. The lowest BCUT2D eigenvalue weighted by molar-refractivity contribution is 0.0714. The number of aromatic nitrogens is 2. The summed E-state index contributed by atoms with van der Waals surface area (Å²) in [5.74, 6) is -0.203. The number of H-pyrrole nitrogens is 1. The fourth-order valence-corrected chi connectivity index (χ4v) is 3.65. The van der Waals surface area contributed by atoms with Gasteiger partial charge in [0.05, 0.1) is 0 Å². The van der Waals surface area contributed by atoms with Gasteiger partial charge in [-0.2, -0.15) is 5.10 Å². The molecule has 132 valence electrons. The summed E-state index contributed by atoms with van der Waals surface area (Å²) in [6.45, 7) is 1.36. The lowest BCUT2D eigenvalue weighted by Crippen LogP contribution is -2.38. The summed E-state index contributed by atoms with van der Waals surface area (Å²) in [6, 6.07) is 15.5. The number of fused-ring (bicyclic) bond motifs is 1. The molecule has 0 spiro atoms. The average molecular weight is 348 g/mol. The number of hydrogen-bond donors (Lipinski definition) is 2. The van der Waals surface area contributed by atoms with Gasteiger partial charge in [0.25, 0.3) is 11.8 Å². The Morgan fingerprint density at radius 1 is 1.08 bits per heavy atom. The van der Waals surface area contributed by atoms with Crippen LogP contribution in [0.2, 0.25) is 0 Å². The van der Waals surface area contributed by atoms with Crippen LogP contribution >= 0.6 is 0 Å². The van der Waals surface area contributed by atoms with Gasteiger partial charge in [0.2, 0.25) is 0 Å². The number of piperidine rings is 1. The summed E-state index contributed by atoms with van der Waals surface area (Å²) < 4.78 is 0. The molecule has 0 aliphatic carbocycles. The largest absolute Gasteiger partial charge is 0.364 e. The van der Waals surface area contributed by atoms with E-state index in [0.717, 1.165) is 34.9 Å². The van der Waals surface area contributed by atoms with Gasteiger partial charge in [0, 0.05) is 30.3 Å². The second-order valence-corrected chi connectivity index (χ2v) is 6.67. The number of carbonyl (C=O) groups is 2. The molecule has 0 saturated carbocycles. The normalized spacial score (nSPS) is 15.3. The number of carbonyl (C=O) groups excluding carboxylic acids is 2. The zero-order valence-corrected chi connectivity index (χ0v) is 14.3. The fraction of sp³-hybridized carbons (Fsp3) is 0.250. The van der Waals surface area contributed by atoms with Gasteiger partial charge in [-0.1, -0.05) is 36.4 Å². The summed E-state index contributed by atoms with van der Waals surface area (Å²) >= 11 is 0. The Labute approximate surface area is 151 Å². The molecule has 2 heterocycles. The molecule has 4 rings (SSSR count). The van der Waals surface area contributed by atoms with Gasteiger partial charge in [0.15, 0.2) is 0 Å². The van der Waals surface area contributed by atoms with Gasteiger partial charge in [-0.15, -0.1) is 0 Å². The van der Waals surface area contributed by atoms with Crippen molar-refractivity contribution < 1.29 is 9.59 Å². The number of nitrogens with one attached hydrogen (secondary N) is 1. The van der Waals surface area contributed by atoms with Crippen molar-refractivity contribution in [3.8, 4) is 0 Å². The number of rotatable bonds is 3. The molecule has 1 fully saturated rings. The lowest BCUT2D eigenvalue weighted by atomic mass is 9.92. The van der Waals surface area contributed by atoms with Crippen molar-refractivity contribution in [2.24, 2.45) is 5.73 Å². The van der Waals surface area contributed by atoms with Gasteiger partial charge in [-0.05, 0) is 35.7 Å². The Balaban J connectivity index is 1.48. The van der Waals surface area contributed by atoms with E-state index in [1.807, 2.05) is 47.4 Å². The predicted octanol–water partition coefficient (Wildman–Crippen LogP) is 2.68. The number of benzene rings is 2. The van der Waals surface area contributed by atoms with E-state index in [2.05, 4.69) is 10.2 Å². The molecule has 2 aromatic carbocycles. The molecule has 2 amide bonds. The molecule has 6 heteroatoms. The van der Waals surface area contributed by atoms with Crippen LogP contribution < -0.4 is 5.73 Å². The molecule has 0 bridgehead atoms. The topological polar surface area (TPSA) is 92.1 Å². The third-order valence-electron chi connectivity index (χ3n) is 5.09. The van der Waals surface area contributed by atoms with Crippen molar-refractivity contribution >= 4 is 22.6 Å². The molecular weight excluding hydrogens is 328 g/mol. The average Bonchev–Trinajstić information content (AvgIpc) is 3.18. The molecule has 0 unspecified atom stereocenters. The molecule has 26 heavy (non-hydrogen) atoms. The van der Waals surface area contributed by atoms with Crippen LogP contribution in [-0.2, 0) is 0 Å². The van der Waals surface area contributed by atoms with E-state index in [-0.39, 0.29) is 17.5 Å². The van der Waals surface area contributed by atoms with Gasteiger partial charge >= 0.3 is 0 Å². The first kappa shape index (κ1) is 16.3. The summed E-state index contributed by atoms with van der Waals surface area (Å²) in [4.78, 5) is 26.1. The third-order valence-corrected chi connectivity index (χ3v) is 5.09. The van der Waals surface area contributed by atoms with Crippen LogP contribution in [0.15, 0.2) is 48.5 Å². The SMILES string of the molecule is NC(=O)c1cc(C2CCN(C(=O)c3cccc4ccccc34)CC2)[nH]n1. The number of hydrogen-bond acceptors (Lipinski definition) is 3. The summed E-state index contributed by atoms with van der Waals surface area (Å²) in [7, 11) is 0. The van der Waals surface area contributed by atoms with Crippen LogP contribution in [-0.4, -0.2) is 40.0 Å². The molecule has 1 aromatic heterocycles. The first-order valence-electron chi connectivity index (χ1n) is 8.75. The zero-order chi connectivity index (χ0) is 18.1. The second kappa shape index (κ2) is 6.63. The van der Waals surface area contributed by atoms with Gasteiger partial charge in [-0.25, -0.2) is 0 Å². The highest BCUT2D eigenvalue weighted by Gasteiger charge is 2.26. The summed E-state index contributed by atoms with van der Waals surface area (Å²) in [5, 5.41) is 8.91. The van der Waals surface area contributed by atoms with Crippen LogP contribution in [0.3, 0.4) is 0 Å². The maximum Gasteiger partial charge on any atom is 0.269 e. The maximum absolute atomic E-state index is 13.0. The number of likely N-dealkylation sites (tertiary alicyclic amines) is 1. The van der Waals surface area contributed by atoms with Crippen LogP contribution in [0.5, 0.6) is 0 Å². The Morgan fingerprint density at radius 3 is 2.54 bits per heavy atom. The van der Waals surface area contributed by atoms with E-state index in [1.54, 1.807) is 6.07 Å². The van der Waals surface area contributed by atoms with Crippen molar-refractivity contribution in [1.29, 1.82) is 0 Å². The first-order valence-corrected chi connectivity index (χ1v) is 8.75. The molecule has 0 radical (unpaired) electrons. The maximum atomic E-state index is 13.0. The van der Waals surface area contributed by atoms with E-state index in [9.17, 15) is 9.59 Å². The highest BCUT2D eigenvalue weighted by molar-refractivity contribution is 6.07. The Morgan fingerprint density at radius 2 is 1.81 bits per heavy atom. The Hall–Kier alpha value is -3.15. The van der Waals surface area contributed by atoms with Crippen LogP contribution in [0.25, 0.3) is 10.8 Å². The van der Waals surface area contributed by atoms with Crippen molar-refractivity contribution in [1.82, 2.24) is 15.1 Å². The minimum Gasteiger partial charge on any atom is -0.364 e. The van der Waals surface area contributed by atoms with Crippen LogP contribution in [0.4, 0.5) is 0 Å². The van der Waals surface area contributed by atoms with E-state index in [1.165, 1.54) is 0 Å². The fourth-order valence-electron chi connectivity index (χ4n) is 3.65. The van der Waals surface area contributed by atoms with Gasteiger partial charge < -0.3 is 10.6 Å². The molecule has 3 N–H and O–H groups in total. The standard InChI is InChI=1S/C20H20N4O2/c21-19(25)18-12-17(22-23-18)14-8-10-24(11-9-14)20(26)16-7-3-5-13-4-1-2-6-15(13)16/h1-7,12,14H,8-11H2,(H2,21,25)(H,22,23). The molecule has 6 nitrogen and oxygen atoms in total. The van der Waals surface area contributed by atoms with Crippen molar-refractivity contribution in [2.45, 2.75) is 18.8 Å². The summed E-state index contributed by atoms with van der Waals surface area (Å²) in [5.41, 5.74) is 7.17. The molecule has 0 atom stereocenters. The highest BCUT2D eigenvalue weighted by atomic mass is 16.2. The first-order chi connectivity index (χ1) is 12.6. The third kappa shape index (κ3) is 2.94. The van der Waals surface area contributed by atoms with Gasteiger partial charge in [0.1, 0.15) is 5.69 Å². The molecular formula is C20H20N4O2. The predicted molar refractivity (Wildman–Crippen MR) is 98.9 cm³/mol. The van der Waals surface area contributed by atoms with E-state index >= 15 is 0 Å². The molecule has 1 aliphatic rings. The second-order valence-electron chi connectivity index (χ2n) is 6.67. The van der Waals surface area contributed by atoms with E-state index in [0.29, 0.717) is 13.1 Å². The minimum atomic E-state index is -0.531. The van der Waals surface area contributed by atoms with Gasteiger partial charge in [-0.3, -0.25) is 14.7 Å². The number of nitrogens with two attached hydrogens (primary N) is 1. The smallest absolute Gasteiger partial charge is 0.269 e. The number of aromatic amines is 1. The van der Waals surface area contributed by atoms with E-state index < -0.39 is 5.91 Å². The quantitative estimate of drug-likeness (QED) is 0.762. The highest BCUT2D eigenvalue weighted by Crippen LogP contribution is 2.29. The molecule has 1 saturated heterocycles. The van der Waals surface area contributed by atoms with Crippen LogP contribution in [0.1, 0.15) is 45.3 Å². The van der Waals surface area contributed by atoms with Crippen molar-refractivity contribution in [2.75, 3.05) is 13.1 Å². The zero-order valence-electron chi connectivity index (χ0n) is 14.3. The summed E-state index contributed by atoms with van der Waals surface area (Å²) in [6.07, 6.45) is 1.66.